The van der Waals surface area contributed by atoms with Crippen molar-refractivity contribution in [3.05, 3.63) is 57.8 Å². The van der Waals surface area contributed by atoms with E-state index in [9.17, 15) is 13.2 Å². The Morgan fingerprint density at radius 1 is 1.05 bits per heavy atom. The van der Waals surface area contributed by atoms with Crippen molar-refractivity contribution in [2.24, 2.45) is 0 Å². The van der Waals surface area contributed by atoms with E-state index in [1.54, 1.807) is 0 Å². The molecule has 2 aromatic carbocycles. The van der Waals surface area contributed by atoms with E-state index in [4.69, 9.17) is 0 Å². The number of anilines is 2. The minimum Gasteiger partial charge on any atom is -0.379 e. The lowest BCUT2D eigenvalue weighted by atomic mass is 10.2. The van der Waals surface area contributed by atoms with Crippen LogP contribution in [0.3, 0.4) is 0 Å². The van der Waals surface area contributed by atoms with Crippen molar-refractivity contribution in [1.29, 1.82) is 0 Å². The standard InChI is InChI=1S/C15H14BrF3N2/c1-21(2)14-4-3-10(16)7-13(14)20-8-9-5-11(17)15(19)12(18)6-9/h3-7,20H,8H2,1-2H3. The van der Waals surface area contributed by atoms with Crippen molar-refractivity contribution in [2.75, 3.05) is 24.3 Å². The molecule has 6 heteroatoms. The van der Waals surface area contributed by atoms with Crippen LogP contribution < -0.4 is 10.2 Å². The van der Waals surface area contributed by atoms with Crippen LogP contribution in [0.25, 0.3) is 0 Å². The molecule has 0 atom stereocenters. The van der Waals surface area contributed by atoms with Crippen LogP contribution in [0.1, 0.15) is 5.56 Å². The normalized spacial score (nSPS) is 10.6. The summed E-state index contributed by atoms with van der Waals surface area (Å²) in [6.07, 6.45) is 0. The molecule has 0 spiro atoms. The Hall–Kier alpha value is -1.69. The molecular weight excluding hydrogens is 345 g/mol. The smallest absolute Gasteiger partial charge is 0.194 e. The second-order valence-corrected chi connectivity index (χ2v) is 5.70. The van der Waals surface area contributed by atoms with Crippen molar-refractivity contribution < 1.29 is 13.2 Å². The Balaban J connectivity index is 2.22. The van der Waals surface area contributed by atoms with Crippen LogP contribution in [0.2, 0.25) is 0 Å². The molecule has 0 amide bonds. The zero-order valence-corrected chi connectivity index (χ0v) is 13.1. The fraction of sp³-hybridized carbons (Fsp3) is 0.200. The largest absolute Gasteiger partial charge is 0.379 e. The first kappa shape index (κ1) is 15.7. The van der Waals surface area contributed by atoms with Gasteiger partial charge in [-0.15, -0.1) is 0 Å². The number of benzene rings is 2. The number of halogens is 4. The van der Waals surface area contributed by atoms with Crippen molar-refractivity contribution in [2.45, 2.75) is 6.54 Å². The van der Waals surface area contributed by atoms with Gasteiger partial charge in [0.05, 0.1) is 11.4 Å². The van der Waals surface area contributed by atoms with Crippen LogP contribution in [0, 0.1) is 17.5 Å². The third kappa shape index (κ3) is 3.69. The van der Waals surface area contributed by atoms with Crippen LogP contribution in [-0.4, -0.2) is 14.1 Å². The van der Waals surface area contributed by atoms with E-state index in [1.165, 1.54) is 0 Å². The van der Waals surface area contributed by atoms with E-state index in [-0.39, 0.29) is 6.54 Å². The van der Waals surface area contributed by atoms with Crippen LogP contribution in [0.15, 0.2) is 34.8 Å². The van der Waals surface area contributed by atoms with Gasteiger partial charge in [-0.05, 0) is 35.9 Å². The van der Waals surface area contributed by atoms with Crippen LogP contribution in [0.4, 0.5) is 24.5 Å². The maximum absolute atomic E-state index is 13.2. The first-order valence-corrected chi connectivity index (χ1v) is 7.02. The number of rotatable bonds is 4. The highest BCUT2D eigenvalue weighted by molar-refractivity contribution is 9.10. The predicted molar refractivity (Wildman–Crippen MR) is 82.1 cm³/mol. The topological polar surface area (TPSA) is 15.3 Å². The molecule has 0 aliphatic rings. The molecule has 0 saturated heterocycles. The molecular formula is C15H14BrF3N2. The molecule has 0 aromatic heterocycles. The first-order valence-electron chi connectivity index (χ1n) is 6.22. The molecule has 0 unspecified atom stereocenters. The average Bonchev–Trinajstić information content (AvgIpc) is 2.42. The van der Waals surface area contributed by atoms with Crippen molar-refractivity contribution >= 4 is 27.3 Å². The Morgan fingerprint density at radius 3 is 2.24 bits per heavy atom. The summed E-state index contributed by atoms with van der Waals surface area (Å²) in [5.74, 6) is -3.82. The molecule has 0 saturated carbocycles. The summed E-state index contributed by atoms with van der Waals surface area (Å²) in [7, 11) is 3.79. The minimum absolute atomic E-state index is 0.186. The minimum atomic E-state index is -1.45. The molecule has 2 aromatic rings. The highest BCUT2D eigenvalue weighted by Crippen LogP contribution is 2.28. The number of nitrogens with one attached hydrogen (secondary N) is 1. The predicted octanol–water partition coefficient (Wildman–Crippen LogP) is 4.54. The van der Waals surface area contributed by atoms with Gasteiger partial charge in [0.15, 0.2) is 17.5 Å². The molecule has 21 heavy (non-hydrogen) atoms. The highest BCUT2D eigenvalue weighted by Gasteiger charge is 2.11. The summed E-state index contributed by atoms with van der Waals surface area (Å²) in [6.45, 7) is 0.186. The molecule has 0 heterocycles. The SMILES string of the molecule is CN(C)c1ccc(Br)cc1NCc1cc(F)c(F)c(F)c1. The van der Waals surface area contributed by atoms with Crippen LogP contribution >= 0.6 is 15.9 Å². The van der Waals surface area contributed by atoms with Gasteiger partial charge in [0.25, 0.3) is 0 Å². The summed E-state index contributed by atoms with van der Waals surface area (Å²) < 4.78 is 40.2. The molecule has 0 radical (unpaired) electrons. The summed E-state index contributed by atoms with van der Waals surface area (Å²) in [5, 5.41) is 3.10. The Kier molecular flexibility index (Phi) is 4.77. The number of hydrogen-bond acceptors (Lipinski definition) is 2. The third-order valence-corrected chi connectivity index (χ3v) is 3.46. The summed E-state index contributed by atoms with van der Waals surface area (Å²) in [4.78, 5) is 1.92. The second kappa shape index (κ2) is 6.39. The summed E-state index contributed by atoms with van der Waals surface area (Å²) in [6, 6.07) is 7.65. The second-order valence-electron chi connectivity index (χ2n) is 4.78. The monoisotopic (exact) mass is 358 g/mol. The molecule has 112 valence electrons. The zero-order chi connectivity index (χ0) is 15.6. The zero-order valence-electron chi connectivity index (χ0n) is 11.6. The molecule has 0 aliphatic carbocycles. The van der Waals surface area contributed by atoms with E-state index in [0.29, 0.717) is 5.56 Å². The highest BCUT2D eigenvalue weighted by atomic mass is 79.9. The lowest BCUT2D eigenvalue weighted by Crippen LogP contribution is -2.12. The Labute approximate surface area is 129 Å². The van der Waals surface area contributed by atoms with E-state index in [1.807, 2.05) is 37.2 Å². The summed E-state index contributed by atoms with van der Waals surface area (Å²) in [5.41, 5.74) is 2.07. The van der Waals surface area contributed by atoms with Crippen molar-refractivity contribution in [1.82, 2.24) is 0 Å². The maximum atomic E-state index is 13.2. The lowest BCUT2D eigenvalue weighted by molar-refractivity contribution is 0.445. The third-order valence-electron chi connectivity index (χ3n) is 2.97. The van der Waals surface area contributed by atoms with Gasteiger partial charge in [-0.25, -0.2) is 13.2 Å². The van der Waals surface area contributed by atoms with E-state index in [0.717, 1.165) is 28.0 Å². The maximum Gasteiger partial charge on any atom is 0.194 e. The molecule has 2 nitrogen and oxygen atoms in total. The van der Waals surface area contributed by atoms with Crippen molar-refractivity contribution in [3.63, 3.8) is 0 Å². The average molecular weight is 359 g/mol. The van der Waals surface area contributed by atoms with Gasteiger partial charge in [0.2, 0.25) is 0 Å². The van der Waals surface area contributed by atoms with Gasteiger partial charge in [-0.2, -0.15) is 0 Å². The summed E-state index contributed by atoms with van der Waals surface area (Å²) >= 11 is 3.38. The number of hydrogen-bond donors (Lipinski definition) is 1. The van der Waals surface area contributed by atoms with Gasteiger partial charge in [-0.1, -0.05) is 15.9 Å². The molecule has 0 aliphatic heterocycles. The van der Waals surface area contributed by atoms with E-state index in [2.05, 4.69) is 21.2 Å². The lowest BCUT2D eigenvalue weighted by Gasteiger charge is -2.19. The fourth-order valence-corrected chi connectivity index (χ4v) is 2.31. The molecule has 2 rings (SSSR count). The first-order chi connectivity index (χ1) is 9.88. The van der Waals surface area contributed by atoms with Crippen molar-refractivity contribution in [3.8, 4) is 0 Å². The molecule has 0 fully saturated rings. The molecule has 0 bridgehead atoms. The fourth-order valence-electron chi connectivity index (χ4n) is 1.95. The molecule has 1 N–H and O–H groups in total. The van der Waals surface area contributed by atoms with Crippen LogP contribution in [0.5, 0.6) is 0 Å². The van der Waals surface area contributed by atoms with Gasteiger partial charge < -0.3 is 10.2 Å². The number of nitrogens with zero attached hydrogens (tertiary/aromatic N) is 1. The Bertz CT molecular complexity index is 636. The quantitative estimate of drug-likeness (QED) is 0.806. The van der Waals surface area contributed by atoms with Gasteiger partial charge in [0.1, 0.15) is 0 Å². The van der Waals surface area contributed by atoms with E-state index >= 15 is 0 Å². The Morgan fingerprint density at radius 2 is 1.67 bits per heavy atom. The van der Waals surface area contributed by atoms with Crippen LogP contribution in [-0.2, 0) is 6.54 Å². The van der Waals surface area contributed by atoms with E-state index < -0.39 is 17.5 Å². The van der Waals surface area contributed by atoms with Gasteiger partial charge >= 0.3 is 0 Å². The van der Waals surface area contributed by atoms with Gasteiger partial charge in [0, 0.05) is 25.1 Å². The van der Waals surface area contributed by atoms with Gasteiger partial charge in [-0.3, -0.25) is 0 Å².